The van der Waals surface area contributed by atoms with E-state index in [0.717, 1.165) is 25.3 Å². The van der Waals surface area contributed by atoms with E-state index < -0.39 is 0 Å². The van der Waals surface area contributed by atoms with Gasteiger partial charge in [-0.05, 0) is 24.0 Å². The molecule has 1 heterocycles. The van der Waals surface area contributed by atoms with Gasteiger partial charge in [-0.15, -0.1) is 0 Å². The van der Waals surface area contributed by atoms with Crippen LogP contribution in [0.3, 0.4) is 0 Å². The first kappa shape index (κ1) is 9.38. The smallest absolute Gasteiger partial charge is 0.142 e. The van der Waals surface area contributed by atoms with Crippen molar-refractivity contribution in [1.29, 1.82) is 0 Å². The molecule has 1 unspecified atom stereocenters. The number of benzene rings is 1. The minimum absolute atomic E-state index is 0.596. The Hall–Kier alpha value is -1.18. The predicted octanol–water partition coefficient (Wildman–Crippen LogP) is 3.00. The van der Waals surface area contributed by atoms with Gasteiger partial charge >= 0.3 is 0 Å². The van der Waals surface area contributed by atoms with Crippen molar-refractivity contribution >= 4 is 5.69 Å². The fourth-order valence-corrected chi connectivity index (χ4v) is 1.83. The standard InChI is InChI=1S/C12H17NO/c1-3-9(2)10-5-4-6-11-12(10)13-7-8-14-11/h4-6,9,13H,3,7-8H2,1-2H3. The van der Waals surface area contributed by atoms with Crippen molar-refractivity contribution in [2.24, 2.45) is 0 Å². The van der Waals surface area contributed by atoms with Crippen molar-refractivity contribution in [3.8, 4) is 5.75 Å². The number of nitrogens with one attached hydrogen (secondary N) is 1. The van der Waals surface area contributed by atoms with Crippen molar-refractivity contribution in [3.63, 3.8) is 0 Å². The van der Waals surface area contributed by atoms with Crippen LogP contribution < -0.4 is 10.1 Å². The molecule has 0 saturated carbocycles. The third kappa shape index (κ3) is 1.57. The lowest BCUT2D eigenvalue weighted by Gasteiger charge is -2.24. The number of hydrogen-bond acceptors (Lipinski definition) is 2. The summed E-state index contributed by atoms with van der Waals surface area (Å²) in [4.78, 5) is 0. The molecule has 1 aliphatic rings. The highest BCUT2D eigenvalue weighted by molar-refractivity contribution is 5.64. The van der Waals surface area contributed by atoms with E-state index in [1.807, 2.05) is 6.07 Å². The second kappa shape index (κ2) is 3.91. The van der Waals surface area contributed by atoms with Crippen LogP contribution in [-0.2, 0) is 0 Å². The third-order valence-corrected chi connectivity index (χ3v) is 2.86. The first-order valence-corrected chi connectivity index (χ1v) is 5.32. The van der Waals surface area contributed by atoms with Gasteiger partial charge in [0.05, 0.1) is 5.69 Å². The fourth-order valence-electron chi connectivity index (χ4n) is 1.83. The summed E-state index contributed by atoms with van der Waals surface area (Å²) >= 11 is 0. The van der Waals surface area contributed by atoms with Crippen LogP contribution >= 0.6 is 0 Å². The van der Waals surface area contributed by atoms with Crippen LogP contribution in [0.2, 0.25) is 0 Å². The van der Waals surface area contributed by atoms with Gasteiger partial charge < -0.3 is 10.1 Å². The first-order chi connectivity index (χ1) is 6.83. The lowest BCUT2D eigenvalue weighted by Crippen LogP contribution is -2.19. The molecule has 2 nitrogen and oxygen atoms in total. The maximum absolute atomic E-state index is 5.60. The maximum atomic E-state index is 5.60. The van der Waals surface area contributed by atoms with E-state index in [9.17, 15) is 0 Å². The first-order valence-electron chi connectivity index (χ1n) is 5.32. The molecule has 0 fully saturated rings. The molecule has 0 aromatic heterocycles. The Bertz CT molecular complexity index is 322. The van der Waals surface area contributed by atoms with E-state index in [-0.39, 0.29) is 0 Å². The van der Waals surface area contributed by atoms with Gasteiger partial charge in [-0.2, -0.15) is 0 Å². The highest BCUT2D eigenvalue weighted by atomic mass is 16.5. The van der Waals surface area contributed by atoms with E-state index in [0.29, 0.717) is 5.92 Å². The van der Waals surface area contributed by atoms with Crippen molar-refractivity contribution < 1.29 is 4.74 Å². The van der Waals surface area contributed by atoms with Crippen LogP contribution in [0.5, 0.6) is 5.75 Å². The van der Waals surface area contributed by atoms with Crippen LogP contribution in [0, 0.1) is 0 Å². The second-order valence-electron chi connectivity index (χ2n) is 3.80. The molecule has 14 heavy (non-hydrogen) atoms. The van der Waals surface area contributed by atoms with Crippen LogP contribution in [0.25, 0.3) is 0 Å². The quantitative estimate of drug-likeness (QED) is 0.776. The minimum Gasteiger partial charge on any atom is -0.490 e. The number of ether oxygens (including phenoxy) is 1. The van der Waals surface area contributed by atoms with Crippen LogP contribution in [-0.4, -0.2) is 13.2 Å². The molecule has 1 aromatic rings. The lowest BCUT2D eigenvalue weighted by atomic mass is 9.96. The lowest BCUT2D eigenvalue weighted by molar-refractivity contribution is 0.322. The summed E-state index contributed by atoms with van der Waals surface area (Å²) in [5.74, 6) is 1.60. The summed E-state index contributed by atoms with van der Waals surface area (Å²) in [7, 11) is 0. The molecule has 1 atom stereocenters. The van der Waals surface area contributed by atoms with Gasteiger partial charge in [0.15, 0.2) is 0 Å². The molecule has 0 spiro atoms. The average molecular weight is 191 g/mol. The molecule has 0 aliphatic carbocycles. The monoisotopic (exact) mass is 191 g/mol. The summed E-state index contributed by atoms with van der Waals surface area (Å²) in [5, 5.41) is 3.42. The van der Waals surface area contributed by atoms with E-state index in [1.165, 1.54) is 11.3 Å². The van der Waals surface area contributed by atoms with Gasteiger partial charge in [0.2, 0.25) is 0 Å². The van der Waals surface area contributed by atoms with Gasteiger partial charge in [-0.1, -0.05) is 26.0 Å². The van der Waals surface area contributed by atoms with E-state index in [2.05, 4.69) is 31.3 Å². The van der Waals surface area contributed by atoms with Gasteiger partial charge in [0, 0.05) is 6.54 Å². The topological polar surface area (TPSA) is 21.3 Å². The summed E-state index contributed by atoms with van der Waals surface area (Å²) in [6.45, 7) is 6.16. The zero-order chi connectivity index (χ0) is 9.97. The van der Waals surface area contributed by atoms with Gasteiger partial charge in [-0.25, -0.2) is 0 Å². The minimum atomic E-state index is 0.596. The highest BCUT2D eigenvalue weighted by Gasteiger charge is 2.16. The maximum Gasteiger partial charge on any atom is 0.142 e. The number of rotatable bonds is 2. The Labute approximate surface area is 85.3 Å². The molecule has 2 heteroatoms. The predicted molar refractivity (Wildman–Crippen MR) is 59.1 cm³/mol. The Morgan fingerprint density at radius 2 is 2.36 bits per heavy atom. The summed E-state index contributed by atoms with van der Waals surface area (Å²) in [5.41, 5.74) is 2.58. The third-order valence-electron chi connectivity index (χ3n) is 2.86. The Morgan fingerprint density at radius 1 is 1.50 bits per heavy atom. The number of anilines is 1. The normalized spacial score (nSPS) is 16.4. The molecule has 2 rings (SSSR count). The Kier molecular flexibility index (Phi) is 2.62. The molecule has 0 bridgehead atoms. The average Bonchev–Trinajstić information content (AvgIpc) is 2.27. The van der Waals surface area contributed by atoms with Gasteiger partial charge in [0.1, 0.15) is 12.4 Å². The van der Waals surface area contributed by atoms with Crippen LogP contribution in [0.4, 0.5) is 5.69 Å². The van der Waals surface area contributed by atoms with Crippen molar-refractivity contribution in [1.82, 2.24) is 0 Å². The van der Waals surface area contributed by atoms with Crippen molar-refractivity contribution in [3.05, 3.63) is 23.8 Å². The molecule has 1 aromatic carbocycles. The van der Waals surface area contributed by atoms with Crippen LogP contribution in [0.1, 0.15) is 31.7 Å². The largest absolute Gasteiger partial charge is 0.490 e. The molecular formula is C12H17NO. The molecular weight excluding hydrogens is 174 g/mol. The van der Waals surface area contributed by atoms with Crippen LogP contribution in [0.15, 0.2) is 18.2 Å². The Balaban J connectivity index is 2.39. The van der Waals surface area contributed by atoms with E-state index in [1.54, 1.807) is 0 Å². The number of hydrogen-bond donors (Lipinski definition) is 1. The molecule has 1 aliphatic heterocycles. The Morgan fingerprint density at radius 3 is 3.14 bits per heavy atom. The highest BCUT2D eigenvalue weighted by Crippen LogP contribution is 2.35. The number of para-hydroxylation sites is 1. The molecule has 1 N–H and O–H groups in total. The molecule has 0 amide bonds. The van der Waals surface area contributed by atoms with Crippen molar-refractivity contribution in [2.45, 2.75) is 26.2 Å². The summed E-state index contributed by atoms with van der Waals surface area (Å²) in [6, 6.07) is 6.30. The fraction of sp³-hybridized carbons (Fsp3) is 0.500. The SMILES string of the molecule is CCC(C)c1cccc2c1NCCO2. The summed E-state index contributed by atoms with van der Waals surface area (Å²) < 4.78 is 5.60. The number of fused-ring (bicyclic) bond motifs is 1. The summed E-state index contributed by atoms with van der Waals surface area (Å²) in [6.07, 6.45) is 1.16. The molecule has 0 saturated heterocycles. The van der Waals surface area contributed by atoms with E-state index >= 15 is 0 Å². The van der Waals surface area contributed by atoms with Gasteiger partial charge in [-0.3, -0.25) is 0 Å². The van der Waals surface area contributed by atoms with Crippen molar-refractivity contribution in [2.75, 3.05) is 18.5 Å². The zero-order valence-corrected chi connectivity index (χ0v) is 8.84. The van der Waals surface area contributed by atoms with E-state index in [4.69, 9.17) is 4.74 Å². The molecule has 76 valence electrons. The zero-order valence-electron chi connectivity index (χ0n) is 8.84. The van der Waals surface area contributed by atoms with Gasteiger partial charge in [0.25, 0.3) is 0 Å². The molecule has 0 radical (unpaired) electrons. The second-order valence-corrected chi connectivity index (χ2v) is 3.80.